The van der Waals surface area contributed by atoms with E-state index in [2.05, 4.69) is 139 Å². The second-order valence-electron chi connectivity index (χ2n) is 22.4. The molecule has 0 spiro atoms. The van der Waals surface area contributed by atoms with Crippen LogP contribution in [0.15, 0.2) is 170 Å². The summed E-state index contributed by atoms with van der Waals surface area (Å²) in [5, 5.41) is 0. The van der Waals surface area contributed by atoms with Crippen LogP contribution in [0.4, 0.5) is 17.6 Å². The summed E-state index contributed by atoms with van der Waals surface area (Å²) in [5.74, 6) is 2.92. The molecule has 0 aliphatic carbocycles. The molecular weight excluding hydrogens is 1040 g/mol. The Kier molecular flexibility index (Phi) is 34.4. The first-order valence-electron chi connectivity index (χ1n) is 29.1. The van der Waals surface area contributed by atoms with E-state index in [0.29, 0.717) is 59.8 Å². The molecule has 0 unspecified atom stereocenters. The maximum Gasteiger partial charge on any atom is 0.416 e. The quantitative estimate of drug-likeness (QED) is 0.0693. The predicted octanol–water partition coefficient (Wildman–Crippen LogP) is 22.0. The molecule has 0 saturated heterocycles. The van der Waals surface area contributed by atoms with Gasteiger partial charge < -0.3 is 9.47 Å². The highest BCUT2D eigenvalue weighted by atomic mass is 19.4. The van der Waals surface area contributed by atoms with Crippen LogP contribution in [-0.2, 0) is 15.7 Å². The van der Waals surface area contributed by atoms with Gasteiger partial charge in [-0.05, 0) is 163 Å². The topological polar surface area (TPSA) is 69.7 Å². The van der Waals surface area contributed by atoms with Gasteiger partial charge in [-0.25, -0.2) is 14.0 Å². The third-order valence-electron chi connectivity index (χ3n) is 13.1. The molecule has 0 amide bonds. The lowest BCUT2D eigenvalue weighted by molar-refractivity contribution is -0.137. The fourth-order valence-corrected chi connectivity index (χ4v) is 7.84. The summed E-state index contributed by atoms with van der Waals surface area (Å²) in [6.45, 7) is 40.0. The first-order valence-corrected chi connectivity index (χ1v) is 29.1. The molecule has 0 heterocycles. The van der Waals surface area contributed by atoms with Crippen molar-refractivity contribution in [2.24, 2.45) is 0 Å². The van der Waals surface area contributed by atoms with E-state index in [-0.39, 0.29) is 29.5 Å². The highest BCUT2D eigenvalue weighted by molar-refractivity contribution is 5.94. The van der Waals surface area contributed by atoms with Crippen molar-refractivity contribution >= 4 is 17.7 Å². The highest BCUT2D eigenvalue weighted by Gasteiger charge is 2.30. The largest absolute Gasteiger partial charge is 0.462 e. The number of ether oxygens (including phenoxy) is 2. The summed E-state index contributed by atoms with van der Waals surface area (Å²) < 4.78 is 58.6. The molecule has 0 radical (unpaired) electrons. The van der Waals surface area contributed by atoms with E-state index in [1.165, 1.54) is 63.2 Å². The van der Waals surface area contributed by atoms with Gasteiger partial charge in [0.05, 0.1) is 29.9 Å². The lowest BCUT2D eigenvalue weighted by Gasteiger charge is -2.10. The van der Waals surface area contributed by atoms with E-state index in [0.717, 1.165) is 28.8 Å². The van der Waals surface area contributed by atoms with E-state index >= 15 is 0 Å². The van der Waals surface area contributed by atoms with Crippen molar-refractivity contribution in [3.8, 4) is 0 Å². The van der Waals surface area contributed by atoms with Crippen molar-refractivity contribution < 1.29 is 41.4 Å². The molecule has 0 aliphatic rings. The summed E-state index contributed by atoms with van der Waals surface area (Å²) in [6, 6.07) is 52.0. The van der Waals surface area contributed by atoms with Crippen molar-refractivity contribution in [1.29, 1.82) is 0 Å². The Balaban J connectivity index is 0.000000486. The van der Waals surface area contributed by atoms with Crippen molar-refractivity contribution in [3.63, 3.8) is 0 Å². The maximum absolute atomic E-state index is 12.4. The number of rotatable bonds is 12. The lowest BCUT2D eigenvalue weighted by atomic mass is 9.96. The third-order valence-corrected chi connectivity index (χ3v) is 13.1. The zero-order valence-corrected chi connectivity index (χ0v) is 53.2. The Morgan fingerprint density at radius 3 is 1.13 bits per heavy atom. The number of hydrogen-bond donors (Lipinski definition) is 0. The minimum atomic E-state index is -4.23. The Bertz CT molecular complexity index is 2900. The Hall–Kier alpha value is -7.13. The van der Waals surface area contributed by atoms with Crippen LogP contribution in [0.3, 0.4) is 0 Å². The van der Waals surface area contributed by atoms with Gasteiger partial charge in [0.25, 0.3) is 0 Å². The van der Waals surface area contributed by atoms with Gasteiger partial charge in [0.2, 0.25) is 0 Å². The van der Waals surface area contributed by atoms with Gasteiger partial charge in [-0.2, -0.15) is 13.2 Å². The van der Waals surface area contributed by atoms with E-state index in [4.69, 9.17) is 9.47 Å². The number of ketones is 1. The Morgan fingerprint density at radius 1 is 0.410 bits per heavy atom. The van der Waals surface area contributed by atoms with Crippen molar-refractivity contribution in [2.45, 2.75) is 179 Å². The molecule has 450 valence electrons. The lowest BCUT2D eigenvalue weighted by Crippen LogP contribution is -2.08. The number of alkyl halides is 3. The summed E-state index contributed by atoms with van der Waals surface area (Å²) in [7, 11) is 0. The van der Waals surface area contributed by atoms with Crippen LogP contribution in [0.25, 0.3) is 0 Å². The number of Topliss-reactive ketones (excluding diaryl/α,β-unsaturated/α-hetero) is 1. The number of benzene rings is 7. The molecule has 7 rings (SSSR count). The van der Waals surface area contributed by atoms with E-state index < -0.39 is 11.7 Å². The molecule has 0 bridgehead atoms. The molecule has 7 aromatic rings. The third kappa shape index (κ3) is 29.1. The molecule has 9 heteroatoms. The van der Waals surface area contributed by atoms with Gasteiger partial charge in [0, 0.05) is 5.56 Å². The van der Waals surface area contributed by atoms with Crippen molar-refractivity contribution in [2.75, 3.05) is 13.2 Å². The van der Waals surface area contributed by atoms with Crippen molar-refractivity contribution in [1.82, 2.24) is 0 Å². The minimum Gasteiger partial charge on any atom is -0.462 e. The van der Waals surface area contributed by atoms with E-state index in [1.54, 1.807) is 13.8 Å². The molecule has 0 aromatic heterocycles. The predicted molar refractivity (Wildman–Crippen MR) is 340 cm³/mol. The normalized spacial score (nSPS) is 10.6. The fourth-order valence-electron chi connectivity index (χ4n) is 7.84. The molecule has 0 atom stereocenters. The molecule has 7 aromatic carbocycles. The SMILES string of the molecule is CC(=O)c1ccc(C(C)C)cc1.CC(C)c1ccc(C(F)(F)F)cc1.CC(C)c1ccc(F)cc1.CC(C)c1ccccc1.CCOC(=O)c1ccc(C(C)C)cc1.CCOC(=O)c1ccccc1C(C)C.Cc1ccc(C)c(C(C)C)c1. The smallest absolute Gasteiger partial charge is 0.416 e. The first kappa shape index (κ1) is 73.9. The first-order chi connectivity index (χ1) is 38.9. The standard InChI is InChI=1S/2C12H16O2.C11H14O.C11H16.C10H11F3.C9H11F.C9H12/c1-4-14-12(13)11-7-5-10(6-8-11)9(2)3;1-4-14-12(13)11-8-6-5-7-10(11)9(2)3;1-8(2)10-4-6-11(7-5-10)9(3)12;1-8(2)11-7-9(3)5-6-10(11)4;1-7(2)8-3-5-9(6-4-8)10(11,12)13;1-7(2)8-3-5-9(10)6-4-8;1-8(2)9-6-4-3-5-7-9/h2*5-9H,4H2,1-3H3;4-8H,1-3H3;5-8H,1-4H3;3-7H,1-2H3;3-7H,1-2H3;3-8H,1-2H3. The van der Waals surface area contributed by atoms with Gasteiger partial charge in [-0.3, -0.25) is 4.79 Å². The average Bonchev–Trinajstić information content (AvgIpc) is 3.46. The van der Waals surface area contributed by atoms with Gasteiger partial charge >= 0.3 is 18.1 Å². The van der Waals surface area contributed by atoms with Crippen LogP contribution in [0.2, 0.25) is 0 Å². The van der Waals surface area contributed by atoms with Crippen LogP contribution in [0.1, 0.15) is 246 Å². The highest BCUT2D eigenvalue weighted by Crippen LogP contribution is 2.30. The summed E-state index contributed by atoms with van der Waals surface area (Å²) in [5.41, 5.74) is 12.8. The zero-order valence-electron chi connectivity index (χ0n) is 53.2. The number of hydrogen-bond acceptors (Lipinski definition) is 5. The van der Waals surface area contributed by atoms with Gasteiger partial charge in [0.1, 0.15) is 5.82 Å². The van der Waals surface area contributed by atoms with Crippen LogP contribution in [0.5, 0.6) is 0 Å². The Labute approximate surface area is 497 Å². The summed E-state index contributed by atoms with van der Waals surface area (Å²) in [4.78, 5) is 33.8. The second-order valence-corrected chi connectivity index (χ2v) is 22.4. The molecule has 0 N–H and O–H groups in total. The number of esters is 2. The molecule has 0 fully saturated rings. The average molecular weight is 1140 g/mol. The van der Waals surface area contributed by atoms with Crippen LogP contribution in [-0.4, -0.2) is 30.9 Å². The minimum absolute atomic E-state index is 0.130. The summed E-state index contributed by atoms with van der Waals surface area (Å²) in [6.07, 6.45) is -4.23. The number of aryl methyl sites for hydroxylation is 2. The number of carbonyl (C=O) groups excluding carboxylic acids is 3. The van der Waals surface area contributed by atoms with Gasteiger partial charge in [0.15, 0.2) is 5.78 Å². The van der Waals surface area contributed by atoms with Crippen molar-refractivity contribution in [3.05, 3.63) is 248 Å². The second kappa shape index (κ2) is 38.6. The van der Waals surface area contributed by atoms with Crippen LogP contribution < -0.4 is 0 Å². The molecule has 0 saturated carbocycles. The zero-order chi connectivity index (χ0) is 63.0. The fraction of sp³-hybridized carbons (Fsp3) is 0.392. The maximum atomic E-state index is 12.4. The van der Waals surface area contributed by atoms with E-state index in [9.17, 15) is 31.9 Å². The number of carbonyl (C=O) groups is 3. The number of halogens is 4. The van der Waals surface area contributed by atoms with E-state index in [1.807, 2.05) is 112 Å². The van der Waals surface area contributed by atoms with Gasteiger partial charge in [-0.1, -0.05) is 230 Å². The molecule has 83 heavy (non-hydrogen) atoms. The summed E-state index contributed by atoms with van der Waals surface area (Å²) >= 11 is 0. The van der Waals surface area contributed by atoms with Crippen LogP contribution in [0, 0.1) is 19.7 Å². The monoisotopic (exact) mass is 1140 g/mol. The molecule has 5 nitrogen and oxygen atoms in total. The Morgan fingerprint density at radius 2 is 0.771 bits per heavy atom. The van der Waals surface area contributed by atoms with Gasteiger partial charge in [-0.15, -0.1) is 0 Å². The molecular formula is C74H96F4O5. The van der Waals surface area contributed by atoms with Crippen LogP contribution >= 0.6 is 0 Å². The molecule has 0 aliphatic heterocycles.